The molecule has 1 aromatic heterocycles. The van der Waals surface area contributed by atoms with Crippen molar-refractivity contribution < 1.29 is 9.53 Å². The fourth-order valence-electron chi connectivity index (χ4n) is 2.15. The third-order valence-electron chi connectivity index (χ3n) is 3.35. The first-order valence-electron chi connectivity index (χ1n) is 6.36. The number of nitrogens with zero attached hydrogens (tertiary/aromatic N) is 2. The van der Waals surface area contributed by atoms with Crippen LogP contribution in [0.5, 0.6) is 0 Å². The first kappa shape index (κ1) is 13.1. The first-order valence-corrected chi connectivity index (χ1v) is 6.36. The maximum Gasteiger partial charge on any atom is 0.361 e. The van der Waals surface area contributed by atoms with Gasteiger partial charge in [0.05, 0.1) is 0 Å². The number of hydrogen-bond donors (Lipinski definition) is 1. The van der Waals surface area contributed by atoms with Gasteiger partial charge in [-0.05, 0) is 39.5 Å². The lowest BCUT2D eigenvalue weighted by Crippen LogP contribution is -2.28. The second-order valence-electron chi connectivity index (χ2n) is 6.52. The topological polar surface area (TPSA) is 67.9 Å². The van der Waals surface area contributed by atoms with Gasteiger partial charge < -0.3 is 4.74 Å². The summed E-state index contributed by atoms with van der Waals surface area (Å²) >= 11 is 0. The zero-order valence-corrected chi connectivity index (χ0v) is 11.7. The van der Waals surface area contributed by atoms with E-state index in [1.807, 2.05) is 20.8 Å². The number of carbonyl (C=O) groups is 1. The molecule has 0 aromatic carbocycles. The number of aromatic nitrogens is 3. The molecule has 1 saturated carbocycles. The molecule has 1 heterocycles. The molecular weight excluding hydrogens is 230 g/mol. The molecule has 0 amide bonds. The molecule has 5 nitrogen and oxygen atoms in total. The molecule has 5 heteroatoms. The predicted molar refractivity (Wildman–Crippen MR) is 67.3 cm³/mol. The molecule has 0 aliphatic heterocycles. The molecule has 1 aliphatic rings. The molecule has 1 N–H and O–H groups in total. The average molecular weight is 251 g/mol. The Balaban J connectivity index is 2.25. The summed E-state index contributed by atoms with van der Waals surface area (Å²) in [7, 11) is 0. The lowest BCUT2D eigenvalue weighted by Gasteiger charge is -2.23. The van der Waals surface area contributed by atoms with Crippen molar-refractivity contribution in [3.63, 3.8) is 0 Å². The first-order chi connectivity index (χ1) is 8.22. The summed E-state index contributed by atoms with van der Waals surface area (Å²) in [4.78, 5) is 12.1. The van der Waals surface area contributed by atoms with Crippen LogP contribution in [0.25, 0.3) is 0 Å². The standard InChI is InChI=1S/C13H21N3O2/c1-12(2,3)18-11(17)9-10(15-16-14-9)13(4,5)8-6-7-8/h8H,6-7H2,1-5H3,(H,14,15,16). The van der Waals surface area contributed by atoms with Gasteiger partial charge in [-0.3, -0.25) is 0 Å². The van der Waals surface area contributed by atoms with E-state index in [-0.39, 0.29) is 5.41 Å². The van der Waals surface area contributed by atoms with Crippen LogP contribution in [0.1, 0.15) is 63.6 Å². The van der Waals surface area contributed by atoms with Crippen molar-refractivity contribution in [2.75, 3.05) is 0 Å². The largest absolute Gasteiger partial charge is 0.455 e. The van der Waals surface area contributed by atoms with Gasteiger partial charge in [0.15, 0.2) is 5.69 Å². The van der Waals surface area contributed by atoms with Crippen LogP contribution < -0.4 is 0 Å². The zero-order valence-electron chi connectivity index (χ0n) is 11.7. The molecule has 1 aliphatic carbocycles. The van der Waals surface area contributed by atoms with Gasteiger partial charge in [0, 0.05) is 5.41 Å². The Kier molecular flexibility index (Phi) is 2.95. The zero-order chi connectivity index (χ0) is 13.6. The highest BCUT2D eigenvalue weighted by Crippen LogP contribution is 2.46. The van der Waals surface area contributed by atoms with E-state index in [1.54, 1.807) is 0 Å². The van der Waals surface area contributed by atoms with Gasteiger partial charge in [0.25, 0.3) is 0 Å². The Hall–Kier alpha value is -1.39. The molecule has 0 unspecified atom stereocenters. The Morgan fingerprint density at radius 3 is 2.33 bits per heavy atom. The fraction of sp³-hybridized carbons (Fsp3) is 0.769. The van der Waals surface area contributed by atoms with Crippen molar-refractivity contribution in [1.82, 2.24) is 15.4 Å². The third kappa shape index (κ3) is 2.54. The second-order valence-corrected chi connectivity index (χ2v) is 6.52. The van der Waals surface area contributed by atoms with Crippen LogP contribution in [0.15, 0.2) is 0 Å². The summed E-state index contributed by atoms with van der Waals surface area (Å²) in [6.45, 7) is 9.75. The Labute approximate surface area is 107 Å². The SMILES string of the molecule is CC(C)(C)OC(=O)c1n[nH]nc1C(C)(C)C1CC1. The highest BCUT2D eigenvalue weighted by Gasteiger charge is 2.43. The predicted octanol–water partition coefficient (Wildman–Crippen LogP) is 2.45. The molecule has 100 valence electrons. The van der Waals surface area contributed by atoms with Gasteiger partial charge in [-0.1, -0.05) is 13.8 Å². The molecule has 0 saturated heterocycles. The maximum atomic E-state index is 12.1. The molecule has 2 rings (SSSR count). The van der Waals surface area contributed by atoms with E-state index in [0.29, 0.717) is 11.6 Å². The number of hydrogen-bond acceptors (Lipinski definition) is 4. The van der Waals surface area contributed by atoms with Gasteiger partial charge in [0.1, 0.15) is 11.3 Å². The van der Waals surface area contributed by atoms with E-state index in [1.165, 1.54) is 12.8 Å². The smallest absolute Gasteiger partial charge is 0.361 e. The quantitative estimate of drug-likeness (QED) is 0.838. The van der Waals surface area contributed by atoms with Gasteiger partial charge in [-0.25, -0.2) is 4.79 Å². The van der Waals surface area contributed by atoms with E-state index in [4.69, 9.17) is 4.74 Å². The summed E-state index contributed by atoms with van der Waals surface area (Å²) in [5, 5.41) is 10.7. The molecule has 1 fully saturated rings. The number of rotatable bonds is 3. The van der Waals surface area contributed by atoms with E-state index in [9.17, 15) is 4.79 Å². The van der Waals surface area contributed by atoms with Crippen LogP contribution in [0, 0.1) is 5.92 Å². The van der Waals surface area contributed by atoms with Gasteiger partial charge in [-0.2, -0.15) is 10.3 Å². The lowest BCUT2D eigenvalue weighted by atomic mass is 9.83. The summed E-state index contributed by atoms with van der Waals surface area (Å²) in [6, 6.07) is 0. The number of nitrogens with one attached hydrogen (secondary N) is 1. The van der Waals surface area contributed by atoms with Gasteiger partial charge >= 0.3 is 5.97 Å². The highest BCUT2D eigenvalue weighted by atomic mass is 16.6. The normalized spacial score (nSPS) is 16.7. The summed E-state index contributed by atoms with van der Waals surface area (Å²) in [6.07, 6.45) is 2.38. The number of carbonyl (C=O) groups excluding carboxylic acids is 1. The molecule has 1 aromatic rings. The van der Waals surface area contributed by atoms with E-state index in [2.05, 4.69) is 29.3 Å². The minimum absolute atomic E-state index is 0.126. The van der Waals surface area contributed by atoms with Crippen molar-refractivity contribution in [3.05, 3.63) is 11.4 Å². The average Bonchev–Trinajstić information content (AvgIpc) is 2.93. The Bertz CT molecular complexity index is 453. The molecule has 0 radical (unpaired) electrons. The van der Waals surface area contributed by atoms with E-state index >= 15 is 0 Å². The van der Waals surface area contributed by atoms with Crippen molar-refractivity contribution in [2.45, 2.75) is 58.5 Å². The minimum Gasteiger partial charge on any atom is -0.455 e. The highest BCUT2D eigenvalue weighted by molar-refractivity contribution is 5.89. The van der Waals surface area contributed by atoms with Gasteiger partial charge in [-0.15, -0.1) is 5.10 Å². The van der Waals surface area contributed by atoms with E-state index < -0.39 is 11.6 Å². The van der Waals surface area contributed by atoms with Crippen molar-refractivity contribution in [2.24, 2.45) is 5.92 Å². The van der Waals surface area contributed by atoms with Crippen molar-refractivity contribution in [3.8, 4) is 0 Å². The molecule has 0 spiro atoms. The summed E-state index contributed by atoms with van der Waals surface area (Å²) in [5.41, 5.74) is 0.400. The molecule has 18 heavy (non-hydrogen) atoms. The lowest BCUT2D eigenvalue weighted by molar-refractivity contribution is 0.00597. The van der Waals surface area contributed by atoms with E-state index in [0.717, 1.165) is 5.69 Å². The van der Waals surface area contributed by atoms with Crippen LogP contribution in [0.4, 0.5) is 0 Å². The fourth-order valence-corrected chi connectivity index (χ4v) is 2.15. The monoisotopic (exact) mass is 251 g/mol. The number of esters is 1. The Morgan fingerprint density at radius 2 is 1.83 bits per heavy atom. The minimum atomic E-state index is -0.517. The molecular formula is C13H21N3O2. The maximum absolute atomic E-state index is 12.1. The number of aromatic amines is 1. The van der Waals surface area contributed by atoms with Crippen molar-refractivity contribution >= 4 is 5.97 Å². The van der Waals surface area contributed by atoms with Crippen LogP contribution in [-0.4, -0.2) is 27.0 Å². The molecule has 0 atom stereocenters. The van der Waals surface area contributed by atoms with Crippen LogP contribution >= 0.6 is 0 Å². The van der Waals surface area contributed by atoms with Crippen molar-refractivity contribution in [1.29, 1.82) is 0 Å². The van der Waals surface area contributed by atoms with Crippen LogP contribution in [0.3, 0.4) is 0 Å². The summed E-state index contributed by atoms with van der Waals surface area (Å²) in [5.74, 6) is 0.184. The Morgan fingerprint density at radius 1 is 1.22 bits per heavy atom. The molecule has 0 bridgehead atoms. The second kappa shape index (κ2) is 4.07. The van der Waals surface area contributed by atoms with Crippen LogP contribution in [-0.2, 0) is 10.2 Å². The van der Waals surface area contributed by atoms with Crippen LogP contribution in [0.2, 0.25) is 0 Å². The number of H-pyrrole nitrogens is 1. The number of ether oxygens (including phenoxy) is 1. The summed E-state index contributed by atoms with van der Waals surface area (Å²) < 4.78 is 5.36. The van der Waals surface area contributed by atoms with Gasteiger partial charge in [0.2, 0.25) is 0 Å². The third-order valence-corrected chi connectivity index (χ3v) is 3.35.